The second-order valence-electron chi connectivity index (χ2n) is 6.20. The maximum absolute atomic E-state index is 11.8. The number of aliphatic hydroxyl groups is 3. The van der Waals surface area contributed by atoms with Gasteiger partial charge in [0.2, 0.25) is 0 Å². The highest BCUT2D eigenvalue weighted by Gasteiger charge is 2.46. The molecule has 158 valence electrons. The molecule has 3 N–H and O–H groups in total. The van der Waals surface area contributed by atoms with Gasteiger partial charge >= 0.3 is 5.97 Å². The second kappa shape index (κ2) is 9.61. The van der Waals surface area contributed by atoms with Gasteiger partial charge in [0.05, 0.1) is 29.5 Å². The first-order chi connectivity index (χ1) is 13.8. The molecule has 3 rings (SSSR count). The van der Waals surface area contributed by atoms with Crippen LogP contribution < -0.4 is 0 Å². The average Bonchev–Trinajstić information content (AvgIpc) is 3.17. The lowest BCUT2D eigenvalue weighted by molar-refractivity contribution is -0.178. The molecule has 1 aliphatic heterocycles. The van der Waals surface area contributed by atoms with Gasteiger partial charge in [-0.15, -0.1) is 5.10 Å². The Labute approximate surface area is 180 Å². The van der Waals surface area contributed by atoms with Crippen LogP contribution in [0.4, 0.5) is 0 Å². The van der Waals surface area contributed by atoms with Crippen LogP contribution in [-0.4, -0.2) is 73.2 Å². The van der Waals surface area contributed by atoms with Crippen molar-refractivity contribution in [1.82, 2.24) is 15.0 Å². The molecule has 0 amide bonds. The van der Waals surface area contributed by atoms with Crippen LogP contribution in [-0.2, 0) is 9.47 Å². The zero-order chi connectivity index (χ0) is 21.1. The fourth-order valence-electron chi connectivity index (χ4n) is 2.88. The van der Waals surface area contributed by atoms with Gasteiger partial charge in [0.25, 0.3) is 0 Å². The number of nitrogens with zero attached hydrogens (tertiary/aromatic N) is 3. The highest BCUT2D eigenvalue weighted by atomic mass is 35.5. The molecule has 0 saturated carbocycles. The Morgan fingerprint density at radius 1 is 1.31 bits per heavy atom. The molecule has 0 spiro atoms. The number of benzene rings is 1. The van der Waals surface area contributed by atoms with Gasteiger partial charge in [0, 0.05) is 4.90 Å². The summed E-state index contributed by atoms with van der Waals surface area (Å²) in [5.41, 5.74) is -0.931. The molecular formula is C17H19Cl2N3O6S. The maximum atomic E-state index is 11.8. The van der Waals surface area contributed by atoms with Crippen molar-refractivity contribution in [2.24, 2.45) is 0 Å². The van der Waals surface area contributed by atoms with E-state index in [2.05, 4.69) is 10.3 Å². The Morgan fingerprint density at radius 3 is 2.72 bits per heavy atom. The van der Waals surface area contributed by atoms with Crippen molar-refractivity contribution in [3.05, 3.63) is 40.1 Å². The van der Waals surface area contributed by atoms with Gasteiger partial charge in [-0.05, 0) is 25.1 Å². The monoisotopic (exact) mass is 463 g/mol. The standard InChI is InChI=1S/C17H19Cl2N3O6S/c1-2-27-16(26)11-6-22(21-20-11)13-14(24)12(7-23)28-17(15(13)25)29-8-3-4-9(18)10(19)5-8/h3-6,12-15,17,23-25H,2,7H2,1H3/t12?,13-,14-,15?,17+/m0/s1. The third-order valence-electron chi connectivity index (χ3n) is 4.29. The molecule has 1 aliphatic rings. The highest BCUT2D eigenvalue weighted by Crippen LogP contribution is 2.39. The van der Waals surface area contributed by atoms with E-state index in [-0.39, 0.29) is 12.3 Å². The minimum Gasteiger partial charge on any atom is -0.461 e. The smallest absolute Gasteiger partial charge is 0.360 e. The zero-order valence-corrected chi connectivity index (χ0v) is 17.5. The van der Waals surface area contributed by atoms with Crippen molar-refractivity contribution in [2.45, 2.75) is 41.6 Å². The molecule has 1 aromatic heterocycles. The number of carbonyl (C=O) groups is 1. The van der Waals surface area contributed by atoms with Crippen molar-refractivity contribution >= 4 is 40.9 Å². The molecule has 9 nitrogen and oxygen atoms in total. The first kappa shape index (κ1) is 22.3. The molecule has 0 aliphatic carbocycles. The van der Waals surface area contributed by atoms with E-state index >= 15 is 0 Å². The Hall–Kier alpha value is -1.40. The van der Waals surface area contributed by atoms with Crippen LogP contribution in [0.15, 0.2) is 29.3 Å². The predicted molar refractivity (Wildman–Crippen MR) is 105 cm³/mol. The lowest BCUT2D eigenvalue weighted by Gasteiger charge is -2.41. The molecule has 2 heterocycles. The lowest BCUT2D eigenvalue weighted by atomic mass is 9.97. The van der Waals surface area contributed by atoms with Gasteiger partial charge in [-0.1, -0.05) is 40.2 Å². The Morgan fingerprint density at radius 2 is 2.07 bits per heavy atom. The number of esters is 1. The average molecular weight is 464 g/mol. The van der Waals surface area contributed by atoms with Crippen molar-refractivity contribution in [3.8, 4) is 0 Å². The molecular weight excluding hydrogens is 445 g/mol. The minimum absolute atomic E-state index is 0.0630. The fourth-order valence-corrected chi connectivity index (χ4v) is 4.35. The molecule has 2 unspecified atom stereocenters. The molecule has 1 fully saturated rings. The van der Waals surface area contributed by atoms with E-state index < -0.39 is 42.4 Å². The second-order valence-corrected chi connectivity index (χ2v) is 8.18. The first-order valence-electron chi connectivity index (χ1n) is 8.68. The molecule has 1 aromatic carbocycles. The van der Waals surface area contributed by atoms with E-state index in [9.17, 15) is 20.1 Å². The normalized spacial score (nSPS) is 27.0. The molecule has 1 saturated heterocycles. The molecule has 2 aromatic rings. The third kappa shape index (κ3) is 4.85. The van der Waals surface area contributed by atoms with Crippen molar-refractivity contribution < 1.29 is 29.6 Å². The summed E-state index contributed by atoms with van der Waals surface area (Å²) < 4.78 is 11.7. The summed E-state index contributed by atoms with van der Waals surface area (Å²) in [6.45, 7) is 1.34. The van der Waals surface area contributed by atoms with E-state index in [0.29, 0.717) is 14.9 Å². The quantitative estimate of drug-likeness (QED) is 0.546. The number of carbonyl (C=O) groups excluding carboxylic acids is 1. The van der Waals surface area contributed by atoms with Gasteiger partial charge in [0.1, 0.15) is 29.8 Å². The van der Waals surface area contributed by atoms with Gasteiger partial charge in [-0.2, -0.15) is 0 Å². The van der Waals surface area contributed by atoms with Gasteiger partial charge in [0.15, 0.2) is 5.69 Å². The highest BCUT2D eigenvalue weighted by molar-refractivity contribution is 7.99. The Balaban J connectivity index is 1.85. The summed E-state index contributed by atoms with van der Waals surface area (Å²) >= 11 is 13.1. The third-order valence-corrected chi connectivity index (χ3v) is 6.18. The van der Waals surface area contributed by atoms with E-state index in [1.807, 2.05) is 0 Å². The first-order valence-corrected chi connectivity index (χ1v) is 10.3. The fraction of sp³-hybridized carbons (Fsp3) is 0.471. The number of ether oxygens (including phenoxy) is 2. The summed E-state index contributed by atoms with van der Waals surface area (Å²) in [5.74, 6) is -0.671. The molecule has 0 radical (unpaired) electrons. The Kier molecular flexibility index (Phi) is 7.38. The van der Waals surface area contributed by atoms with Crippen LogP contribution in [0, 0.1) is 0 Å². The number of thioether (sulfide) groups is 1. The number of halogens is 2. The molecule has 29 heavy (non-hydrogen) atoms. The van der Waals surface area contributed by atoms with E-state index in [1.165, 1.54) is 10.9 Å². The summed E-state index contributed by atoms with van der Waals surface area (Å²) in [4.78, 5) is 12.5. The summed E-state index contributed by atoms with van der Waals surface area (Å²) in [6, 6.07) is 3.92. The van der Waals surface area contributed by atoms with E-state index in [4.69, 9.17) is 32.7 Å². The molecule has 5 atom stereocenters. The number of rotatable bonds is 6. The van der Waals surface area contributed by atoms with Crippen LogP contribution in [0.2, 0.25) is 10.0 Å². The van der Waals surface area contributed by atoms with E-state index in [0.717, 1.165) is 11.8 Å². The van der Waals surface area contributed by atoms with Crippen LogP contribution >= 0.6 is 35.0 Å². The topological polar surface area (TPSA) is 127 Å². The SMILES string of the molecule is CCOC(=O)c1cn([C@@H]2C(O)[C@@H](Sc3ccc(Cl)c(Cl)c3)OC(CO)[C@@H]2O)nn1. The van der Waals surface area contributed by atoms with Crippen molar-refractivity contribution in [1.29, 1.82) is 0 Å². The van der Waals surface area contributed by atoms with E-state index in [1.54, 1.807) is 25.1 Å². The van der Waals surface area contributed by atoms with Gasteiger partial charge in [-0.3, -0.25) is 0 Å². The zero-order valence-electron chi connectivity index (χ0n) is 15.2. The summed E-state index contributed by atoms with van der Waals surface area (Å²) in [6.07, 6.45) is -2.25. The minimum atomic E-state index is -1.29. The summed E-state index contributed by atoms with van der Waals surface area (Å²) in [7, 11) is 0. The van der Waals surface area contributed by atoms with Crippen LogP contribution in [0.3, 0.4) is 0 Å². The van der Waals surface area contributed by atoms with Crippen LogP contribution in [0.5, 0.6) is 0 Å². The van der Waals surface area contributed by atoms with Gasteiger partial charge in [-0.25, -0.2) is 9.48 Å². The molecule has 12 heteroatoms. The summed E-state index contributed by atoms with van der Waals surface area (Å²) in [5, 5.41) is 39.3. The van der Waals surface area contributed by atoms with Gasteiger partial charge < -0.3 is 24.8 Å². The molecule has 0 bridgehead atoms. The largest absolute Gasteiger partial charge is 0.461 e. The number of aliphatic hydroxyl groups excluding tert-OH is 3. The van der Waals surface area contributed by atoms with Crippen molar-refractivity contribution in [2.75, 3.05) is 13.2 Å². The lowest BCUT2D eigenvalue weighted by Crippen LogP contribution is -2.55. The maximum Gasteiger partial charge on any atom is 0.360 e. The van der Waals surface area contributed by atoms with Crippen LogP contribution in [0.25, 0.3) is 0 Å². The van der Waals surface area contributed by atoms with Crippen LogP contribution in [0.1, 0.15) is 23.5 Å². The number of aromatic nitrogens is 3. The Bertz CT molecular complexity index is 869. The number of hydrogen-bond acceptors (Lipinski definition) is 9. The number of hydrogen-bond donors (Lipinski definition) is 3. The predicted octanol–water partition coefficient (Wildman–Crippen LogP) is 1.53. The van der Waals surface area contributed by atoms with Crippen molar-refractivity contribution in [3.63, 3.8) is 0 Å².